The van der Waals surface area contributed by atoms with E-state index in [1.807, 2.05) is 30.0 Å². The van der Waals surface area contributed by atoms with E-state index in [2.05, 4.69) is 27.3 Å². The van der Waals surface area contributed by atoms with Crippen molar-refractivity contribution in [2.24, 2.45) is 0 Å². The van der Waals surface area contributed by atoms with Crippen LogP contribution < -0.4 is 0 Å². The Morgan fingerprint density at radius 1 is 1.33 bits per heavy atom. The fraction of sp³-hybridized carbons (Fsp3) is 0.357. The highest BCUT2D eigenvalue weighted by Crippen LogP contribution is 2.22. The van der Waals surface area contributed by atoms with Gasteiger partial charge in [0.1, 0.15) is 0 Å². The lowest BCUT2D eigenvalue weighted by atomic mass is 10.1. The lowest BCUT2D eigenvalue weighted by molar-refractivity contribution is 0.0690. The van der Waals surface area contributed by atoms with Gasteiger partial charge in [-0.1, -0.05) is 23.4 Å². The molecule has 2 heterocycles. The second-order valence-corrected chi connectivity index (χ2v) is 6.13. The third-order valence-electron chi connectivity index (χ3n) is 3.46. The van der Waals surface area contributed by atoms with Crippen LogP contribution in [-0.4, -0.2) is 56.4 Å². The molecule has 7 heteroatoms. The molecule has 1 aliphatic rings. The maximum atomic E-state index is 10.8. The third-order valence-corrected chi connectivity index (χ3v) is 4.45. The molecule has 0 unspecified atom stereocenters. The predicted octanol–water partition coefficient (Wildman–Crippen LogP) is 1.63. The van der Waals surface area contributed by atoms with Crippen LogP contribution in [-0.2, 0) is 0 Å². The van der Waals surface area contributed by atoms with Gasteiger partial charge < -0.3 is 5.11 Å². The fourth-order valence-electron chi connectivity index (χ4n) is 2.25. The first-order valence-corrected chi connectivity index (χ1v) is 7.76. The van der Waals surface area contributed by atoms with Gasteiger partial charge in [-0.05, 0) is 12.1 Å². The molecule has 0 saturated carbocycles. The van der Waals surface area contributed by atoms with Gasteiger partial charge in [0.25, 0.3) is 0 Å². The Labute approximate surface area is 126 Å². The van der Waals surface area contributed by atoms with Gasteiger partial charge in [-0.25, -0.2) is 9.48 Å². The summed E-state index contributed by atoms with van der Waals surface area (Å²) in [6, 6.07) is 10.6. The van der Waals surface area contributed by atoms with Crippen molar-refractivity contribution in [2.75, 3.05) is 25.4 Å². The molecule has 110 valence electrons. The summed E-state index contributed by atoms with van der Waals surface area (Å²) in [5, 5.41) is 16.3. The Morgan fingerprint density at radius 3 is 2.76 bits per heavy atom. The Kier molecular flexibility index (Phi) is 4.21. The smallest absolute Gasteiger partial charge is 0.358 e. The lowest BCUT2D eigenvalue weighted by Gasteiger charge is -2.38. The number of rotatable bonds is 6. The van der Waals surface area contributed by atoms with Crippen molar-refractivity contribution in [1.29, 1.82) is 0 Å². The molecule has 21 heavy (non-hydrogen) atoms. The maximum absolute atomic E-state index is 10.8. The van der Waals surface area contributed by atoms with Gasteiger partial charge >= 0.3 is 5.97 Å². The number of aromatic carboxylic acids is 1. The summed E-state index contributed by atoms with van der Waals surface area (Å²) in [5.41, 5.74) is 0.00748. The first-order valence-electron chi connectivity index (χ1n) is 6.78. The minimum atomic E-state index is -1.03. The number of carbonyl (C=O) groups is 1. The van der Waals surface area contributed by atoms with Crippen LogP contribution in [0.4, 0.5) is 0 Å². The van der Waals surface area contributed by atoms with Gasteiger partial charge in [-0.15, -0.1) is 16.9 Å². The molecule has 1 N–H and O–H groups in total. The number of carboxylic acid groups (broad SMARTS) is 1. The molecule has 1 aromatic carbocycles. The second-order valence-electron chi connectivity index (χ2n) is 4.96. The van der Waals surface area contributed by atoms with Crippen LogP contribution in [0.2, 0.25) is 0 Å². The number of aromatic nitrogens is 3. The molecule has 2 aromatic rings. The molecule has 0 spiro atoms. The van der Waals surface area contributed by atoms with Gasteiger partial charge in [-0.3, -0.25) is 4.90 Å². The number of likely N-dealkylation sites (tertiary alicyclic amines) is 1. The molecule has 1 fully saturated rings. The van der Waals surface area contributed by atoms with E-state index in [0.29, 0.717) is 0 Å². The SMILES string of the molecule is O=C(O)c1cn(C2CN(CCSc3ccccc3)C2)nn1. The monoisotopic (exact) mass is 304 g/mol. The van der Waals surface area contributed by atoms with E-state index in [0.717, 1.165) is 25.4 Å². The zero-order chi connectivity index (χ0) is 14.7. The van der Waals surface area contributed by atoms with E-state index >= 15 is 0 Å². The average Bonchev–Trinajstić information content (AvgIpc) is 2.92. The van der Waals surface area contributed by atoms with Crippen molar-refractivity contribution >= 4 is 17.7 Å². The summed E-state index contributed by atoms with van der Waals surface area (Å²) in [5.74, 6) is 0.0192. The highest BCUT2D eigenvalue weighted by Gasteiger charge is 2.29. The molecule has 0 bridgehead atoms. The number of thioether (sulfide) groups is 1. The first-order chi connectivity index (χ1) is 10.2. The molecule has 1 aromatic heterocycles. The van der Waals surface area contributed by atoms with E-state index in [1.165, 1.54) is 11.1 Å². The number of nitrogens with zero attached hydrogens (tertiary/aromatic N) is 4. The Bertz CT molecular complexity index is 610. The van der Waals surface area contributed by atoms with Gasteiger partial charge in [0.05, 0.1) is 12.2 Å². The van der Waals surface area contributed by atoms with Gasteiger partial charge in [-0.2, -0.15) is 0 Å². The summed E-state index contributed by atoms with van der Waals surface area (Å²) in [6.07, 6.45) is 1.50. The number of hydrogen-bond acceptors (Lipinski definition) is 5. The summed E-state index contributed by atoms with van der Waals surface area (Å²) < 4.78 is 1.66. The quantitative estimate of drug-likeness (QED) is 0.818. The van der Waals surface area contributed by atoms with E-state index in [1.54, 1.807) is 4.68 Å². The number of carboxylic acids is 1. The van der Waals surface area contributed by atoms with E-state index in [4.69, 9.17) is 5.11 Å². The minimum Gasteiger partial charge on any atom is -0.476 e. The van der Waals surface area contributed by atoms with Crippen molar-refractivity contribution in [3.63, 3.8) is 0 Å². The van der Waals surface area contributed by atoms with E-state index in [9.17, 15) is 4.79 Å². The van der Waals surface area contributed by atoms with Gasteiger partial charge in [0.2, 0.25) is 0 Å². The normalized spacial score (nSPS) is 15.8. The molecule has 0 radical (unpaired) electrons. The van der Waals surface area contributed by atoms with Crippen molar-refractivity contribution in [1.82, 2.24) is 19.9 Å². The highest BCUT2D eigenvalue weighted by molar-refractivity contribution is 7.99. The predicted molar refractivity (Wildman–Crippen MR) is 79.6 cm³/mol. The highest BCUT2D eigenvalue weighted by atomic mass is 32.2. The summed E-state index contributed by atoms with van der Waals surface area (Å²) in [4.78, 5) is 14.4. The molecule has 1 saturated heterocycles. The van der Waals surface area contributed by atoms with Crippen molar-refractivity contribution in [3.05, 3.63) is 42.2 Å². The van der Waals surface area contributed by atoms with Crippen molar-refractivity contribution in [3.8, 4) is 0 Å². The fourth-order valence-corrected chi connectivity index (χ4v) is 3.19. The van der Waals surface area contributed by atoms with Crippen molar-refractivity contribution in [2.45, 2.75) is 10.9 Å². The zero-order valence-electron chi connectivity index (χ0n) is 11.4. The first kappa shape index (κ1) is 14.1. The van der Waals surface area contributed by atoms with Crippen LogP contribution in [0.15, 0.2) is 41.4 Å². The Morgan fingerprint density at radius 2 is 2.10 bits per heavy atom. The maximum Gasteiger partial charge on any atom is 0.358 e. The molecular weight excluding hydrogens is 288 g/mol. The minimum absolute atomic E-state index is 0.00748. The van der Waals surface area contributed by atoms with Crippen LogP contribution in [0.3, 0.4) is 0 Å². The molecule has 3 rings (SSSR count). The standard InChI is InChI=1S/C14H16N4O2S/c19-14(20)13-10-18(16-15-13)11-8-17(9-11)6-7-21-12-4-2-1-3-5-12/h1-5,10-11H,6-9H2,(H,19,20). The van der Waals surface area contributed by atoms with Crippen LogP contribution in [0.5, 0.6) is 0 Å². The Balaban J connectivity index is 1.40. The number of benzene rings is 1. The van der Waals surface area contributed by atoms with Crippen LogP contribution >= 0.6 is 11.8 Å². The zero-order valence-corrected chi connectivity index (χ0v) is 12.2. The molecule has 1 aliphatic heterocycles. The molecule has 0 aliphatic carbocycles. The average molecular weight is 304 g/mol. The molecule has 0 amide bonds. The largest absolute Gasteiger partial charge is 0.476 e. The molecular formula is C14H16N4O2S. The second kappa shape index (κ2) is 6.28. The summed E-state index contributed by atoms with van der Waals surface area (Å²) in [6.45, 7) is 2.83. The lowest BCUT2D eigenvalue weighted by Crippen LogP contribution is -2.48. The number of hydrogen-bond donors (Lipinski definition) is 1. The summed E-state index contributed by atoms with van der Waals surface area (Å²) >= 11 is 1.85. The van der Waals surface area contributed by atoms with Crippen LogP contribution in [0, 0.1) is 0 Å². The third kappa shape index (κ3) is 3.43. The van der Waals surface area contributed by atoms with Gasteiger partial charge in [0, 0.05) is 30.3 Å². The van der Waals surface area contributed by atoms with Crippen LogP contribution in [0.25, 0.3) is 0 Å². The van der Waals surface area contributed by atoms with E-state index < -0.39 is 5.97 Å². The Hall–Kier alpha value is -1.86. The topological polar surface area (TPSA) is 71.2 Å². The van der Waals surface area contributed by atoms with E-state index in [-0.39, 0.29) is 11.7 Å². The molecule has 6 nitrogen and oxygen atoms in total. The van der Waals surface area contributed by atoms with Crippen LogP contribution in [0.1, 0.15) is 16.5 Å². The van der Waals surface area contributed by atoms with Gasteiger partial charge in [0.15, 0.2) is 5.69 Å². The van der Waals surface area contributed by atoms with Crippen molar-refractivity contribution < 1.29 is 9.90 Å². The summed E-state index contributed by atoms with van der Waals surface area (Å²) in [7, 11) is 0. The molecule has 0 atom stereocenters.